The van der Waals surface area contributed by atoms with Gasteiger partial charge in [0.05, 0.1) is 12.3 Å². The molecule has 0 atom stereocenters. The predicted octanol–water partition coefficient (Wildman–Crippen LogP) is 0.945. The van der Waals surface area contributed by atoms with E-state index in [0.717, 1.165) is 0 Å². The Morgan fingerprint density at radius 3 is 2.33 bits per heavy atom. The van der Waals surface area contributed by atoms with E-state index in [1.54, 1.807) is 31.2 Å². The standard InChI is InChI=1S/C14H23N3O3S/c1-4-17(9-14(18)16-11(2)3)21(19,20)10-12-5-7-13(15)8-6-12/h5-8,11H,4,9-10,15H2,1-3H3,(H,16,18). The Morgan fingerprint density at radius 2 is 1.86 bits per heavy atom. The maximum Gasteiger partial charge on any atom is 0.235 e. The molecule has 1 amide bonds. The van der Waals surface area contributed by atoms with Gasteiger partial charge in [0.25, 0.3) is 0 Å². The zero-order valence-electron chi connectivity index (χ0n) is 12.7. The lowest BCUT2D eigenvalue weighted by Gasteiger charge is -2.20. The van der Waals surface area contributed by atoms with Gasteiger partial charge in [0, 0.05) is 18.3 Å². The van der Waals surface area contributed by atoms with Gasteiger partial charge in [0.2, 0.25) is 15.9 Å². The largest absolute Gasteiger partial charge is 0.399 e. The maximum atomic E-state index is 12.4. The fraction of sp³-hybridized carbons (Fsp3) is 0.500. The molecular formula is C14H23N3O3S. The van der Waals surface area contributed by atoms with Crippen LogP contribution < -0.4 is 11.1 Å². The van der Waals surface area contributed by atoms with Crippen LogP contribution in [0.5, 0.6) is 0 Å². The van der Waals surface area contributed by atoms with Crippen molar-refractivity contribution in [2.75, 3.05) is 18.8 Å². The summed E-state index contributed by atoms with van der Waals surface area (Å²) in [5.41, 5.74) is 6.80. The number of nitrogens with one attached hydrogen (secondary N) is 1. The van der Waals surface area contributed by atoms with E-state index in [9.17, 15) is 13.2 Å². The number of hydrogen-bond donors (Lipinski definition) is 2. The normalized spacial score (nSPS) is 11.9. The first-order chi connectivity index (χ1) is 9.74. The molecular weight excluding hydrogens is 290 g/mol. The van der Waals surface area contributed by atoms with Crippen molar-refractivity contribution in [3.05, 3.63) is 29.8 Å². The molecule has 6 nitrogen and oxygen atoms in total. The topological polar surface area (TPSA) is 92.5 Å². The van der Waals surface area contributed by atoms with Crippen molar-refractivity contribution in [1.82, 2.24) is 9.62 Å². The lowest BCUT2D eigenvalue weighted by atomic mass is 10.2. The molecule has 21 heavy (non-hydrogen) atoms. The highest BCUT2D eigenvalue weighted by atomic mass is 32.2. The number of nitrogens with zero attached hydrogens (tertiary/aromatic N) is 1. The van der Waals surface area contributed by atoms with E-state index in [0.29, 0.717) is 11.3 Å². The van der Waals surface area contributed by atoms with Crippen molar-refractivity contribution in [3.8, 4) is 0 Å². The molecule has 0 heterocycles. The molecule has 0 unspecified atom stereocenters. The highest BCUT2D eigenvalue weighted by Gasteiger charge is 2.23. The van der Waals surface area contributed by atoms with Gasteiger partial charge in [-0.3, -0.25) is 4.79 Å². The molecule has 1 rings (SSSR count). The summed E-state index contributed by atoms with van der Waals surface area (Å²) in [5, 5.41) is 2.69. The van der Waals surface area contributed by atoms with Crippen molar-refractivity contribution < 1.29 is 13.2 Å². The van der Waals surface area contributed by atoms with Crippen LogP contribution in [-0.2, 0) is 20.6 Å². The summed E-state index contributed by atoms with van der Waals surface area (Å²) >= 11 is 0. The summed E-state index contributed by atoms with van der Waals surface area (Å²) in [6.45, 7) is 5.46. The van der Waals surface area contributed by atoms with Gasteiger partial charge in [-0.05, 0) is 31.5 Å². The molecule has 0 aliphatic rings. The van der Waals surface area contributed by atoms with Crippen LogP contribution in [0.15, 0.2) is 24.3 Å². The van der Waals surface area contributed by atoms with E-state index >= 15 is 0 Å². The van der Waals surface area contributed by atoms with E-state index in [4.69, 9.17) is 5.73 Å². The van der Waals surface area contributed by atoms with Gasteiger partial charge < -0.3 is 11.1 Å². The van der Waals surface area contributed by atoms with Crippen LogP contribution in [0.1, 0.15) is 26.3 Å². The fourth-order valence-electron chi connectivity index (χ4n) is 1.85. The molecule has 0 aromatic heterocycles. The number of nitrogen functional groups attached to an aromatic ring is 1. The van der Waals surface area contributed by atoms with Crippen molar-refractivity contribution in [2.45, 2.75) is 32.6 Å². The van der Waals surface area contributed by atoms with E-state index in [1.165, 1.54) is 4.31 Å². The number of carbonyl (C=O) groups excluding carboxylic acids is 1. The third-order valence-corrected chi connectivity index (χ3v) is 4.72. The summed E-state index contributed by atoms with van der Waals surface area (Å²) in [7, 11) is -3.54. The van der Waals surface area contributed by atoms with Crippen LogP contribution in [0.2, 0.25) is 0 Å². The SMILES string of the molecule is CCN(CC(=O)NC(C)C)S(=O)(=O)Cc1ccc(N)cc1. The number of benzene rings is 1. The summed E-state index contributed by atoms with van der Waals surface area (Å²) < 4.78 is 25.9. The van der Waals surface area contributed by atoms with Gasteiger partial charge in [-0.25, -0.2) is 8.42 Å². The first-order valence-corrected chi connectivity index (χ1v) is 8.47. The number of rotatable bonds is 7. The number of likely N-dealkylation sites (N-methyl/N-ethyl adjacent to an activating group) is 1. The minimum absolute atomic E-state index is 0.0176. The second kappa shape index (κ2) is 7.42. The monoisotopic (exact) mass is 313 g/mol. The van der Waals surface area contributed by atoms with E-state index in [2.05, 4.69) is 5.32 Å². The Kier molecular flexibility index (Phi) is 6.17. The van der Waals surface area contributed by atoms with Gasteiger partial charge in [-0.1, -0.05) is 19.1 Å². The second-order valence-electron chi connectivity index (χ2n) is 5.15. The fourth-order valence-corrected chi connectivity index (χ4v) is 3.35. The molecule has 0 saturated carbocycles. The zero-order chi connectivity index (χ0) is 16.0. The quantitative estimate of drug-likeness (QED) is 0.733. The Labute approximate surface area is 126 Å². The van der Waals surface area contributed by atoms with Gasteiger partial charge in [0.15, 0.2) is 0 Å². The smallest absolute Gasteiger partial charge is 0.235 e. The number of hydrogen-bond acceptors (Lipinski definition) is 4. The van der Waals surface area contributed by atoms with Crippen molar-refractivity contribution in [2.24, 2.45) is 0 Å². The molecule has 0 fully saturated rings. The van der Waals surface area contributed by atoms with Crippen LogP contribution in [0.4, 0.5) is 5.69 Å². The molecule has 118 valence electrons. The predicted molar refractivity (Wildman–Crippen MR) is 84.0 cm³/mol. The van der Waals surface area contributed by atoms with Crippen molar-refractivity contribution in [3.63, 3.8) is 0 Å². The van der Waals surface area contributed by atoms with Gasteiger partial charge in [-0.2, -0.15) is 4.31 Å². The van der Waals surface area contributed by atoms with Gasteiger partial charge >= 0.3 is 0 Å². The number of carbonyl (C=O) groups is 1. The molecule has 3 N–H and O–H groups in total. The van der Waals surface area contributed by atoms with Gasteiger partial charge in [0.1, 0.15) is 0 Å². The van der Waals surface area contributed by atoms with Crippen LogP contribution in [0.25, 0.3) is 0 Å². The molecule has 0 aliphatic carbocycles. The number of sulfonamides is 1. The Hall–Kier alpha value is -1.60. The van der Waals surface area contributed by atoms with Gasteiger partial charge in [-0.15, -0.1) is 0 Å². The summed E-state index contributed by atoms with van der Waals surface area (Å²) in [4.78, 5) is 11.7. The molecule has 0 spiro atoms. The molecule has 0 bridgehead atoms. The zero-order valence-corrected chi connectivity index (χ0v) is 13.5. The minimum atomic E-state index is -3.54. The van der Waals surface area contributed by atoms with Crippen LogP contribution >= 0.6 is 0 Å². The minimum Gasteiger partial charge on any atom is -0.399 e. The number of amides is 1. The lowest BCUT2D eigenvalue weighted by molar-refractivity contribution is -0.121. The number of anilines is 1. The average molecular weight is 313 g/mol. The second-order valence-corrected chi connectivity index (χ2v) is 7.12. The van der Waals surface area contributed by atoms with E-state index in [1.807, 2.05) is 13.8 Å². The van der Waals surface area contributed by atoms with E-state index in [-0.39, 0.29) is 30.8 Å². The van der Waals surface area contributed by atoms with Crippen LogP contribution in [0, 0.1) is 0 Å². The third-order valence-electron chi connectivity index (χ3n) is 2.84. The Bertz CT molecular complexity index is 568. The average Bonchev–Trinajstić information content (AvgIpc) is 2.37. The molecule has 1 aromatic carbocycles. The third kappa shape index (κ3) is 5.73. The van der Waals surface area contributed by atoms with Crippen LogP contribution in [-0.4, -0.2) is 37.8 Å². The molecule has 0 aliphatic heterocycles. The van der Waals surface area contributed by atoms with E-state index < -0.39 is 10.0 Å². The van der Waals surface area contributed by atoms with Crippen molar-refractivity contribution >= 4 is 21.6 Å². The summed E-state index contributed by atoms with van der Waals surface area (Å²) in [5.74, 6) is -0.441. The highest BCUT2D eigenvalue weighted by Crippen LogP contribution is 2.12. The summed E-state index contributed by atoms with van der Waals surface area (Å²) in [6.07, 6.45) is 0. The lowest BCUT2D eigenvalue weighted by Crippen LogP contribution is -2.43. The van der Waals surface area contributed by atoms with Crippen molar-refractivity contribution in [1.29, 1.82) is 0 Å². The molecule has 7 heteroatoms. The first-order valence-electron chi connectivity index (χ1n) is 6.86. The molecule has 0 radical (unpaired) electrons. The highest BCUT2D eigenvalue weighted by molar-refractivity contribution is 7.88. The van der Waals surface area contributed by atoms with Crippen LogP contribution in [0.3, 0.4) is 0 Å². The molecule has 0 saturated heterocycles. The number of nitrogens with two attached hydrogens (primary N) is 1. The Morgan fingerprint density at radius 1 is 1.29 bits per heavy atom. The summed E-state index contributed by atoms with van der Waals surface area (Å²) in [6, 6.07) is 6.65. The molecule has 1 aromatic rings. The maximum absolute atomic E-state index is 12.4. The first kappa shape index (κ1) is 17.5. The Balaban J connectivity index is 2.78.